The van der Waals surface area contributed by atoms with Gasteiger partial charge < -0.3 is 0 Å². The van der Waals surface area contributed by atoms with Gasteiger partial charge in [0.1, 0.15) is 0 Å². The number of rotatable bonds is 0. The molecule has 0 amide bonds. The van der Waals surface area contributed by atoms with Crippen LogP contribution in [-0.4, -0.2) is 0 Å². The molecule has 1 saturated carbocycles. The zero-order valence-electron chi connectivity index (χ0n) is 7.69. The largest absolute Gasteiger partial charge is 0.0842 e. The monoisotopic (exact) mass is 150 g/mol. The fourth-order valence-corrected chi connectivity index (χ4v) is 1.79. The highest BCUT2D eigenvalue weighted by atomic mass is 14.1. The van der Waals surface area contributed by atoms with Gasteiger partial charge in [-0.3, -0.25) is 0 Å². The molecule has 0 nitrogen and oxygen atoms in total. The van der Waals surface area contributed by atoms with Crippen molar-refractivity contribution in [3.63, 3.8) is 0 Å². The van der Waals surface area contributed by atoms with E-state index in [0.29, 0.717) is 0 Å². The molecular formula is C11H18. The number of hydrogen-bond donors (Lipinski definition) is 0. The minimum absolute atomic E-state index is 1.30. The van der Waals surface area contributed by atoms with Gasteiger partial charge >= 0.3 is 0 Å². The molecule has 0 saturated heterocycles. The Morgan fingerprint density at radius 1 is 0.818 bits per heavy atom. The summed E-state index contributed by atoms with van der Waals surface area (Å²) in [6.45, 7) is 4.31. The summed E-state index contributed by atoms with van der Waals surface area (Å²) < 4.78 is 0. The maximum Gasteiger partial charge on any atom is -0.0280 e. The Balaban J connectivity index is 2.71. The molecule has 0 N–H and O–H groups in total. The Hall–Kier alpha value is -0.520. The van der Waals surface area contributed by atoms with Crippen LogP contribution in [0.5, 0.6) is 0 Å². The van der Waals surface area contributed by atoms with Crippen molar-refractivity contribution in [3.05, 3.63) is 23.3 Å². The van der Waals surface area contributed by atoms with Crippen molar-refractivity contribution >= 4 is 0 Å². The summed E-state index contributed by atoms with van der Waals surface area (Å²) in [5, 5.41) is 0. The van der Waals surface area contributed by atoms with Gasteiger partial charge in [0, 0.05) is 0 Å². The third-order valence-corrected chi connectivity index (χ3v) is 2.50. The summed E-state index contributed by atoms with van der Waals surface area (Å²) in [4.78, 5) is 0. The number of hydrogen-bond acceptors (Lipinski definition) is 0. The molecule has 1 aliphatic carbocycles. The van der Waals surface area contributed by atoms with E-state index in [4.69, 9.17) is 0 Å². The van der Waals surface area contributed by atoms with Crippen molar-refractivity contribution in [3.8, 4) is 0 Å². The van der Waals surface area contributed by atoms with Gasteiger partial charge in [0.05, 0.1) is 0 Å². The normalized spacial score (nSPS) is 27.5. The third-order valence-electron chi connectivity index (χ3n) is 2.50. The topological polar surface area (TPSA) is 0 Å². The molecule has 0 aliphatic heterocycles. The summed E-state index contributed by atoms with van der Waals surface area (Å²) in [5.41, 5.74) is 3.18. The van der Waals surface area contributed by atoms with E-state index < -0.39 is 0 Å². The van der Waals surface area contributed by atoms with Crippen LogP contribution in [0.3, 0.4) is 0 Å². The van der Waals surface area contributed by atoms with Crippen LogP contribution in [0.2, 0.25) is 0 Å². The molecule has 0 spiro atoms. The van der Waals surface area contributed by atoms with Crippen LogP contribution in [0.1, 0.15) is 46.0 Å². The van der Waals surface area contributed by atoms with Crippen LogP contribution in [-0.2, 0) is 0 Å². The molecule has 0 aromatic heterocycles. The standard InChI is InChI=1S/C11H18/c1-3-10-8-6-5-7-9-11(10)4-2/h3-4H,5-9H2,1-2H3/b10-3+,11-4+. The molecule has 0 radical (unpaired) electrons. The Kier molecular flexibility index (Phi) is 3.41. The molecule has 1 rings (SSSR count). The van der Waals surface area contributed by atoms with Gasteiger partial charge in [0.25, 0.3) is 0 Å². The molecule has 1 fully saturated rings. The molecule has 0 unspecified atom stereocenters. The fourth-order valence-electron chi connectivity index (χ4n) is 1.79. The molecule has 0 atom stereocenters. The minimum Gasteiger partial charge on any atom is -0.0842 e. The smallest absolute Gasteiger partial charge is 0.0280 e. The lowest BCUT2D eigenvalue weighted by molar-refractivity contribution is 0.719. The van der Waals surface area contributed by atoms with E-state index in [-0.39, 0.29) is 0 Å². The third kappa shape index (κ3) is 2.21. The van der Waals surface area contributed by atoms with Gasteiger partial charge in [-0.15, -0.1) is 0 Å². The second-order valence-electron chi connectivity index (χ2n) is 3.19. The highest BCUT2D eigenvalue weighted by Gasteiger charge is 2.07. The Morgan fingerprint density at radius 2 is 1.27 bits per heavy atom. The first-order valence-corrected chi connectivity index (χ1v) is 4.69. The summed E-state index contributed by atoms with van der Waals surface area (Å²) >= 11 is 0. The lowest BCUT2D eigenvalue weighted by Gasteiger charge is -2.05. The summed E-state index contributed by atoms with van der Waals surface area (Å²) in [7, 11) is 0. The van der Waals surface area contributed by atoms with E-state index >= 15 is 0 Å². The molecule has 1 aliphatic rings. The first kappa shape index (κ1) is 8.58. The van der Waals surface area contributed by atoms with Gasteiger partial charge in [-0.2, -0.15) is 0 Å². The first-order chi connectivity index (χ1) is 5.38. The van der Waals surface area contributed by atoms with E-state index in [0.717, 1.165) is 0 Å². The van der Waals surface area contributed by atoms with Crippen LogP contribution < -0.4 is 0 Å². The zero-order chi connectivity index (χ0) is 8.10. The van der Waals surface area contributed by atoms with E-state index in [9.17, 15) is 0 Å². The van der Waals surface area contributed by atoms with Crippen molar-refractivity contribution in [2.75, 3.05) is 0 Å². The van der Waals surface area contributed by atoms with Crippen LogP contribution in [0, 0.1) is 0 Å². The molecule has 0 heterocycles. The second kappa shape index (κ2) is 4.38. The molecule has 11 heavy (non-hydrogen) atoms. The van der Waals surface area contributed by atoms with Crippen LogP contribution >= 0.6 is 0 Å². The lowest BCUT2D eigenvalue weighted by atomic mass is 10.0. The summed E-state index contributed by atoms with van der Waals surface area (Å²) in [6, 6.07) is 0. The SMILES string of the molecule is C/C=C1\CCCCC\C1=C/C. The predicted molar refractivity (Wildman–Crippen MR) is 50.6 cm³/mol. The van der Waals surface area contributed by atoms with Gasteiger partial charge in [0.2, 0.25) is 0 Å². The summed E-state index contributed by atoms with van der Waals surface area (Å²) in [6.07, 6.45) is 11.3. The van der Waals surface area contributed by atoms with Gasteiger partial charge in [-0.25, -0.2) is 0 Å². The van der Waals surface area contributed by atoms with Crippen molar-refractivity contribution in [1.29, 1.82) is 0 Å². The van der Waals surface area contributed by atoms with Crippen molar-refractivity contribution in [2.45, 2.75) is 46.0 Å². The second-order valence-corrected chi connectivity index (χ2v) is 3.19. The summed E-state index contributed by atoms with van der Waals surface area (Å²) in [5.74, 6) is 0. The maximum absolute atomic E-state index is 2.28. The van der Waals surface area contributed by atoms with E-state index in [2.05, 4.69) is 26.0 Å². The first-order valence-electron chi connectivity index (χ1n) is 4.69. The molecule has 0 heteroatoms. The van der Waals surface area contributed by atoms with Gasteiger partial charge in [0.15, 0.2) is 0 Å². The quantitative estimate of drug-likeness (QED) is 0.460. The molecule has 0 aromatic rings. The van der Waals surface area contributed by atoms with Crippen molar-refractivity contribution in [2.24, 2.45) is 0 Å². The molecular weight excluding hydrogens is 132 g/mol. The Bertz CT molecular complexity index is 152. The van der Waals surface area contributed by atoms with Crippen LogP contribution in [0.25, 0.3) is 0 Å². The average Bonchev–Trinajstić information content (AvgIpc) is 2.27. The Morgan fingerprint density at radius 3 is 1.64 bits per heavy atom. The van der Waals surface area contributed by atoms with E-state index in [1.165, 1.54) is 32.1 Å². The van der Waals surface area contributed by atoms with Crippen LogP contribution in [0.15, 0.2) is 23.3 Å². The zero-order valence-corrected chi connectivity index (χ0v) is 7.69. The molecule has 62 valence electrons. The van der Waals surface area contributed by atoms with Gasteiger partial charge in [-0.1, -0.05) is 18.6 Å². The molecule has 0 bridgehead atoms. The maximum atomic E-state index is 2.28. The fraction of sp³-hybridized carbons (Fsp3) is 0.636. The highest BCUT2D eigenvalue weighted by molar-refractivity contribution is 5.30. The molecule has 0 aromatic carbocycles. The predicted octanol–water partition coefficient (Wildman–Crippen LogP) is 3.84. The van der Waals surface area contributed by atoms with E-state index in [1.54, 1.807) is 11.1 Å². The average molecular weight is 150 g/mol. The van der Waals surface area contributed by atoms with Crippen molar-refractivity contribution < 1.29 is 0 Å². The van der Waals surface area contributed by atoms with Crippen LogP contribution in [0.4, 0.5) is 0 Å². The number of allylic oxidation sites excluding steroid dienone is 4. The van der Waals surface area contributed by atoms with E-state index in [1.807, 2.05) is 0 Å². The minimum atomic E-state index is 1.30. The Labute approximate surface area is 70.0 Å². The van der Waals surface area contributed by atoms with Gasteiger partial charge in [-0.05, 0) is 50.7 Å². The highest BCUT2D eigenvalue weighted by Crippen LogP contribution is 2.26. The lowest BCUT2D eigenvalue weighted by Crippen LogP contribution is -1.85. The van der Waals surface area contributed by atoms with Crippen molar-refractivity contribution in [1.82, 2.24) is 0 Å².